The van der Waals surface area contributed by atoms with E-state index in [0.29, 0.717) is 12.1 Å². The molecule has 8 nitrogen and oxygen atoms in total. The van der Waals surface area contributed by atoms with Crippen LogP contribution in [0.3, 0.4) is 0 Å². The highest BCUT2D eigenvalue weighted by molar-refractivity contribution is 5.95. The highest BCUT2D eigenvalue weighted by Crippen LogP contribution is 2.37. The summed E-state index contributed by atoms with van der Waals surface area (Å²) in [4.78, 5) is 26.5. The van der Waals surface area contributed by atoms with Crippen LogP contribution in [0.2, 0.25) is 0 Å². The largest absolute Gasteiger partial charge is 0.501 e. The maximum absolute atomic E-state index is 12.9. The molecular formula is C18H15F6N3O5. The first-order valence-electron chi connectivity index (χ1n) is 8.56. The minimum absolute atomic E-state index is 0.0402. The summed E-state index contributed by atoms with van der Waals surface area (Å²) in [5.74, 6) is -2.99. The summed E-state index contributed by atoms with van der Waals surface area (Å²) in [6.07, 6.45) is -10.5. The summed E-state index contributed by atoms with van der Waals surface area (Å²) >= 11 is 0. The molecule has 4 N–H and O–H groups in total. The molecule has 0 aliphatic rings. The Labute approximate surface area is 175 Å². The number of halogens is 6. The Bertz CT molecular complexity index is 975. The third kappa shape index (κ3) is 6.47. The van der Waals surface area contributed by atoms with Gasteiger partial charge in [0.2, 0.25) is 11.7 Å². The van der Waals surface area contributed by atoms with Crippen LogP contribution in [0.15, 0.2) is 30.5 Å². The van der Waals surface area contributed by atoms with Gasteiger partial charge >= 0.3 is 18.4 Å². The average Bonchev–Trinajstić information content (AvgIpc) is 2.67. The van der Waals surface area contributed by atoms with Crippen molar-refractivity contribution in [3.05, 3.63) is 47.2 Å². The van der Waals surface area contributed by atoms with Crippen LogP contribution in [0.4, 0.5) is 31.1 Å². The number of alkyl halides is 6. The van der Waals surface area contributed by atoms with Gasteiger partial charge in [-0.1, -0.05) is 0 Å². The Morgan fingerprint density at radius 2 is 1.69 bits per heavy atom. The summed E-state index contributed by atoms with van der Waals surface area (Å²) in [6, 6.07) is 0.843. The second-order valence-electron chi connectivity index (χ2n) is 6.33. The van der Waals surface area contributed by atoms with Gasteiger partial charge in [0.25, 0.3) is 5.88 Å². The minimum Gasteiger partial charge on any atom is -0.501 e. The van der Waals surface area contributed by atoms with E-state index in [1.165, 1.54) is 6.92 Å². The normalized spacial score (nSPS) is 12.8. The van der Waals surface area contributed by atoms with Crippen LogP contribution in [0, 0.1) is 0 Å². The van der Waals surface area contributed by atoms with Gasteiger partial charge < -0.3 is 20.3 Å². The third-order valence-corrected chi connectivity index (χ3v) is 3.72. The van der Waals surface area contributed by atoms with Crippen molar-refractivity contribution in [1.29, 1.82) is 0 Å². The SMILES string of the molecule is C[C@H](N)C(=O)NC(=O)Oc1nccc(OCc2cc(C(F)(F)F)cc(C(F)(F)F)c2)c1O. The van der Waals surface area contributed by atoms with Crippen LogP contribution in [-0.4, -0.2) is 28.1 Å². The maximum atomic E-state index is 12.9. The second kappa shape index (κ2) is 9.30. The number of nitrogens with two attached hydrogens (primary N) is 1. The zero-order valence-electron chi connectivity index (χ0n) is 16.0. The number of imide groups is 1. The molecule has 0 saturated carbocycles. The molecule has 0 radical (unpaired) electrons. The number of benzene rings is 1. The minimum atomic E-state index is -5.04. The van der Waals surface area contributed by atoms with E-state index in [-0.39, 0.29) is 6.07 Å². The smallest absolute Gasteiger partial charge is 0.420 e. The Morgan fingerprint density at radius 3 is 2.19 bits per heavy atom. The number of aromatic nitrogens is 1. The van der Waals surface area contributed by atoms with Crippen molar-refractivity contribution in [1.82, 2.24) is 10.3 Å². The molecule has 1 heterocycles. The summed E-state index contributed by atoms with van der Waals surface area (Å²) < 4.78 is 87.3. The summed E-state index contributed by atoms with van der Waals surface area (Å²) in [6.45, 7) is 0.476. The fourth-order valence-electron chi connectivity index (χ4n) is 2.20. The fourth-order valence-corrected chi connectivity index (χ4v) is 2.20. The Morgan fingerprint density at radius 1 is 1.12 bits per heavy atom. The lowest BCUT2D eigenvalue weighted by Gasteiger charge is -2.15. The molecule has 0 aliphatic carbocycles. The predicted molar refractivity (Wildman–Crippen MR) is 94.5 cm³/mol. The number of ether oxygens (including phenoxy) is 2. The van der Waals surface area contributed by atoms with Crippen molar-refractivity contribution in [3.63, 3.8) is 0 Å². The van der Waals surface area contributed by atoms with Gasteiger partial charge in [0.15, 0.2) is 5.75 Å². The van der Waals surface area contributed by atoms with Crippen molar-refractivity contribution in [2.75, 3.05) is 0 Å². The highest BCUT2D eigenvalue weighted by Gasteiger charge is 2.37. The summed E-state index contributed by atoms with van der Waals surface area (Å²) in [5.41, 5.74) is 1.69. The molecule has 0 aliphatic heterocycles. The van der Waals surface area contributed by atoms with E-state index in [9.17, 15) is 41.0 Å². The van der Waals surface area contributed by atoms with Gasteiger partial charge in [-0.15, -0.1) is 0 Å². The monoisotopic (exact) mass is 467 g/mol. The number of carbonyl (C=O) groups excluding carboxylic acids is 2. The molecule has 0 bridgehead atoms. The lowest BCUT2D eigenvalue weighted by atomic mass is 10.1. The zero-order valence-corrected chi connectivity index (χ0v) is 16.0. The topological polar surface area (TPSA) is 124 Å². The summed E-state index contributed by atoms with van der Waals surface area (Å²) in [5, 5.41) is 11.8. The van der Waals surface area contributed by atoms with Gasteiger partial charge in [-0.25, -0.2) is 9.78 Å². The number of pyridine rings is 1. The number of carbonyl (C=O) groups is 2. The molecule has 1 atom stereocenters. The van der Waals surface area contributed by atoms with E-state index in [4.69, 9.17) is 10.5 Å². The molecule has 0 fully saturated rings. The zero-order chi connectivity index (χ0) is 24.3. The van der Waals surface area contributed by atoms with Crippen LogP contribution < -0.4 is 20.5 Å². The van der Waals surface area contributed by atoms with Crippen molar-refractivity contribution in [2.24, 2.45) is 5.73 Å². The molecule has 14 heteroatoms. The highest BCUT2D eigenvalue weighted by atomic mass is 19.4. The predicted octanol–water partition coefficient (Wildman–Crippen LogP) is 3.37. The van der Waals surface area contributed by atoms with E-state index in [0.717, 1.165) is 12.3 Å². The number of hydrogen-bond donors (Lipinski definition) is 3. The van der Waals surface area contributed by atoms with Gasteiger partial charge in [0.05, 0.1) is 17.2 Å². The van der Waals surface area contributed by atoms with E-state index in [1.54, 1.807) is 5.32 Å². The van der Waals surface area contributed by atoms with Gasteiger partial charge in [-0.3, -0.25) is 10.1 Å². The van der Waals surface area contributed by atoms with Crippen molar-refractivity contribution in [2.45, 2.75) is 31.9 Å². The molecule has 1 aromatic heterocycles. The van der Waals surface area contributed by atoms with E-state index < -0.39 is 71.1 Å². The van der Waals surface area contributed by atoms with Gasteiger partial charge in [0, 0.05) is 12.3 Å². The first-order chi connectivity index (χ1) is 14.7. The van der Waals surface area contributed by atoms with Crippen LogP contribution in [0.5, 0.6) is 17.4 Å². The number of nitrogens with zero attached hydrogens (tertiary/aromatic N) is 1. The molecule has 174 valence electrons. The van der Waals surface area contributed by atoms with Crippen LogP contribution in [0.25, 0.3) is 0 Å². The Hall–Kier alpha value is -3.55. The van der Waals surface area contributed by atoms with Gasteiger partial charge in [-0.05, 0) is 30.7 Å². The second-order valence-corrected chi connectivity index (χ2v) is 6.33. The van der Waals surface area contributed by atoms with Gasteiger partial charge in [-0.2, -0.15) is 26.3 Å². The van der Waals surface area contributed by atoms with Crippen LogP contribution in [-0.2, 0) is 23.8 Å². The molecular weight excluding hydrogens is 452 g/mol. The van der Waals surface area contributed by atoms with Crippen molar-refractivity contribution < 1.29 is 50.5 Å². The number of nitrogens with one attached hydrogen (secondary N) is 1. The lowest BCUT2D eigenvalue weighted by molar-refractivity contribution is -0.143. The Kier molecular flexibility index (Phi) is 7.18. The number of rotatable bonds is 5. The number of aromatic hydroxyl groups is 1. The fraction of sp³-hybridized carbons (Fsp3) is 0.278. The third-order valence-electron chi connectivity index (χ3n) is 3.72. The van der Waals surface area contributed by atoms with Crippen molar-refractivity contribution in [3.8, 4) is 17.4 Å². The van der Waals surface area contributed by atoms with E-state index in [1.807, 2.05) is 0 Å². The maximum Gasteiger partial charge on any atom is 0.420 e. The molecule has 0 unspecified atom stereocenters. The molecule has 0 spiro atoms. The molecule has 2 rings (SSSR count). The Balaban J connectivity index is 2.22. The average molecular weight is 467 g/mol. The number of amides is 2. The molecule has 2 amide bonds. The molecule has 32 heavy (non-hydrogen) atoms. The number of hydrogen-bond acceptors (Lipinski definition) is 7. The first-order valence-corrected chi connectivity index (χ1v) is 8.56. The molecule has 0 saturated heterocycles. The van der Waals surface area contributed by atoms with Crippen molar-refractivity contribution >= 4 is 12.0 Å². The van der Waals surface area contributed by atoms with E-state index in [2.05, 4.69) is 9.72 Å². The molecule has 1 aromatic carbocycles. The van der Waals surface area contributed by atoms with Crippen LogP contribution in [0.1, 0.15) is 23.6 Å². The van der Waals surface area contributed by atoms with Gasteiger partial charge in [0.1, 0.15) is 6.61 Å². The van der Waals surface area contributed by atoms with Crippen LogP contribution >= 0.6 is 0 Å². The quantitative estimate of drug-likeness (QED) is 0.576. The lowest BCUT2D eigenvalue weighted by Crippen LogP contribution is -2.42. The summed E-state index contributed by atoms with van der Waals surface area (Å²) in [7, 11) is 0. The standard InChI is InChI=1S/C18H15F6N3O5/c1-8(25)14(29)27-16(30)32-15-13(28)12(2-3-26-15)31-7-9-4-10(17(19,20)21)6-11(5-9)18(22,23)24/h2-6,8,28H,7,25H2,1H3,(H,27,29,30)/t8-/m0/s1. The van der Waals surface area contributed by atoms with E-state index >= 15 is 0 Å². The first kappa shape index (κ1) is 24.7. The molecule has 2 aromatic rings.